The van der Waals surface area contributed by atoms with Gasteiger partial charge in [0.1, 0.15) is 11.3 Å². The molecular weight excluding hydrogens is 314 g/mol. The molecule has 0 saturated carbocycles. The smallest absolute Gasteiger partial charge is 0.209 e. The van der Waals surface area contributed by atoms with Crippen molar-refractivity contribution in [3.63, 3.8) is 0 Å². The number of phenolic OH excluding ortho intramolecular Hbond substituents is 2. The van der Waals surface area contributed by atoms with Crippen molar-refractivity contribution in [1.82, 2.24) is 4.57 Å². The Morgan fingerprint density at radius 1 is 0.958 bits per heavy atom. The molecule has 126 valence electrons. The van der Waals surface area contributed by atoms with Crippen LogP contribution in [0.15, 0.2) is 23.0 Å². The van der Waals surface area contributed by atoms with E-state index in [4.69, 9.17) is 14.2 Å². The lowest BCUT2D eigenvalue weighted by Crippen LogP contribution is -2.11. The van der Waals surface area contributed by atoms with Crippen LogP contribution in [0.3, 0.4) is 0 Å². The summed E-state index contributed by atoms with van der Waals surface area (Å²) in [6, 6.07) is 4.41. The summed E-state index contributed by atoms with van der Waals surface area (Å²) in [7, 11) is 5.92. The minimum atomic E-state index is -0.394. The van der Waals surface area contributed by atoms with E-state index in [-0.39, 0.29) is 34.1 Å². The van der Waals surface area contributed by atoms with Crippen LogP contribution in [0.25, 0.3) is 21.8 Å². The van der Waals surface area contributed by atoms with E-state index in [9.17, 15) is 15.0 Å². The molecule has 0 spiro atoms. The molecule has 0 radical (unpaired) electrons. The molecule has 0 aliphatic carbocycles. The summed E-state index contributed by atoms with van der Waals surface area (Å²) >= 11 is 0. The zero-order valence-electron chi connectivity index (χ0n) is 13.7. The van der Waals surface area contributed by atoms with Crippen molar-refractivity contribution in [2.24, 2.45) is 7.05 Å². The van der Waals surface area contributed by atoms with Crippen LogP contribution in [0.4, 0.5) is 0 Å². The Morgan fingerprint density at radius 2 is 1.58 bits per heavy atom. The van der Waals surface area contributed by atoms with E-state index in [0.29, 0.717) is 16.4 Å². The molecule has 1 aromatic heterocycles. The van der Waals surface area contributed by atoms with Gasteiger partial charge in [0, 0.05) is 18.5 Å². The molecule has 0 aliphatic rings. The summed E-state index contributed by atoms with van der Waals surface area (Å²) in [5.41, 5.74) is 0.447. The molecule has 2 N–H and O–H groups in total. The maximum absolute atomic E-state index is 12.9. The average molecular weight is 331 g/mol. The number of methoxy groups -OCH3 is 3. The predicted octanol–water partition coefficient (Wildman–Crippen LogP) is 2.13. The second-order valence-corrected chi connectivity index (χ2v) is 5.26. The SMILES string of the molecule is COc1c(OC)c(OC)c2c(c1O)c(=O)c1ccc(O)cc1n2C. The van der Waals surface area contributed by atoms with Gasteiger partial charge in [-0.1, -0.05) is 0 Å². The number of aromatic nitrogens is 1. The average Bonchev–Trinajstić information content (AvgIpc) is 2.58. The van der Waals surface area contributed by atoms with Gasteiger partial charge in [-0.2, -0.15) is 0 Å². The Balaban J connectivity index is 2.71. The predicted molar refractivity (Wildman–Crippen MR) is 89.7 cm³/mol. The minimum Gasteiger partial charge on any atom is -0.508 e. The highest BCUT2D eigenvalue weighted by molar-refractivity contribution is 6.02. The lowest BCUT2D eigenvalue weighted by Gasteiger charge is -2.19. The number of fused-ring (bicyclic) bond motifs is 2. The lowest BCUT2D eigenvalue weighted by atomic mass is 10.1. The Bertz CT molecular complexity index is 1020. The highest BCUT2D eigenvalue weighted by Gasteiger charge is 2.26. The number of nitrogens with zero attached hydrogens (tertiary/aromatic N) is 1. The van der Waals surface area contributed by atoms with Gasteiger partial charge >= 0.3 is 0 Å². The van der Waals surface area contributed by atoms with Gasteiger partial charge < -0.3 is 29.0 Å². The third-order valence-electron chi connectivity index (χ3n) is 4.08. The summed E-state index contributed by atoms with van der Waals surface area (Å²) in [5.74, 6) is 0.171. The molecule has 3 aromatic rings. The summed E-state index contributed by atoms with van der Waals surface area (Å²) in [6.45, 7) is 0. The van der Waals surface area contributed by atoms with Crippen molar-refractivity contribution in [2.45, 2.75) is 0 Å². The van der Waals surface area contributed by atoms with E-state index in [1.54, 1.807) is 11.6 Å². The first-order chi connectivity index (χ1) is 11.5. The number of aryl methyl sites for hydroxylation is 1. The molecule has 7 heteroatoms. The second kappa shape index (κ2) is 5.52. The largest absolute Gasteiger partial charge is 0.508 e. The Hall–Kier alpha value is -3.09. The van der Waals surface area contributed by atoms with Gasteiger partial charge in [0.15, 0.2) is 11.5 Å². The molecule has 2 aromatic carbocycles. The van der Waals surface area contributed by atoms with Crippen LogP contribution in [0, 0.1) is 0 Å². The van der Waals surface area contributed by atoms with Gasteiger partial charge in [-0.3, -0.25) is 4.79 Å². The molecule has 0 aliphatic heterocycles. The van der Waals surface area contributed by atoms with E-state index >= 15 is 0 Å². The van der Waals surface area contributed by atoms with Crippen molar-refractivity contribution in [1.29, 1.82) is 0 Å². The highest BCUT2D eigenvalue weighted by Crippen LogP contribution is 2.49. The first-order valence-corrected chi connectivity index (χ1v) is 7.12. The lowest BCUT2D eigenvalue weighted by molar-refractivity contribution is 0.313. The minimum absolute atomic E-state index is 0.0251. The quantitative estimate of drug-likeness (QED) is 0.715. The molecule has 24 heavy (non-hydrogen) atoms. The van der Waals surface area contributed by atoms with Gasteiger partial charge in [-0.25, -0.2) is 0 Å². The fraction of sp³-hybridized carbons (Fsp3) is 0.235. The van der Waals surface area contributed by atoms with E-state index < -0.39 is 5.43 Å². The van der Waals surface area contributed by atoms with Crippen LogP contribution in [-0.4, -0.2) is 36.1 Å². The molecule has 0 amide bonds. The first kappa shape index (κ1) is 15.8. The highest BCUT2D eigenvalue weighted by atomic mass is 16.5. The van der Waals surface area contributed by atoms with Gasteiger partial charge in [0.25, 0.3) is 0 Å². The number of hydrogen-bond donors (Lipinski definition) is 2. The van der Waals surface area contributed by atoms with Crippen LogP contribution in [0.1, 0.15) is 0 Å². The topological polar surface area (TPSA) is 90.2 Å². The summed E-state index contributed by atoms with van der Waals surface area (Å²) in [6.07, 6.45) is 0. The van der Waals surface area contributed by atoms with Gasteiger partial charge in [-0.15, -0.1) is 0 Å². The normalized spacial score (nSPS) is 11.0. The molecule has 3 rings (SSSR count). The van der Waals surface area contributed by atoms with Crippen molar-refractivity contribution in [3.8, 4) is 28.7 Å². The van der Waals surface area contributed by atoms with Crippen molar-refractivity contribution in [2.75, 3.05) is 21.3 Å². The maximum atomic E-state index is 12.9. The fourth-order valence-corrected chi connectivity index (χ4v) is 3.00. The van der Waals surface area contributed by atoms with Crippen molar-refractivity contribution >= 4 is 21.8 Å². The first-order valence-electron chi connectivity index (χ1n) is 7.12. The van der Waals surface area contributed by atoms with Gasteiger partial charge in [0.2, 0.25) is 16.9 Å². The Labute approximate surface area is 137 Å². The number of rotatable bonds is 3. The van der Waals surface area contributed by atoms with Crippen LogP contribution in [-0.2, 0) is 7.05 Å². The molecule has 0 bridgehead atoms. The molecule has 7 nitrogen and oxygen atoms in total. The molecule has 1 heterocycles. The zero-order chi connectivity index (χ0) is 17.6. The Morgan fingerprint density at radius 3 is 2.17 bits per heavy atom. The number of hydrogen-bond acceptors (Lipinski definition) is 6. The van der Waals surface area contributed by atoms with Crippen LogP contribution in [0.2, 0.25) is 0 Å². The number of pyridine rings is 1. The Kier molecular flexibility index (Phi) is 3.63. The van der Waals surface area contributed by atoms with Crippen LogP contribution in [0.5, 0.6) is 28.7 Å². The van der Waals surface area contributed by atoms with Crippen molar-refractivity contribution in [3.05, 3.63) is 28.4 Å². The summed E-state index contributed by atoms with van der Waals surface area (Å²) in [4.78, 5) is 12.9. The van der Waals surface area contributed by atoms with Crippen molar-refractivity contribution < 1.29 is 24.4 Å². The van der Waals surface area contributed by atoms with E-state index in [1.165, 1.54) is 39.5 Å². The van der Waals surface area contributed by atoms with E-state index in [1.807, 2.05) is 0 Å². The van der Waals surface area contributed by atoms with Gasteiger partial charge in [-0.05, 0) is 12.1 Å². The molecule has 0 unspecified atom stereocenters. The van der Waals surface area contributed by atoms with Gasteiger partial charge in [0.05, 0.1) is 32.2 Å². The van der Waals surface area contributed by atoms with E-state index in [0.717, 1.165) is 0 Å². The van der Waals surface area contributed by atoms with Crippen LogP contribution < -0.4 is 19.6 Å². The number of phenols is 2. The number of aromatic hydroxyl groups is 2. The molecule has 0 saturated heterocycles. The standard InChI is InChI=1S/C17H17NO6/c1-18-10-7-8(19)5-6-9(10)13(20)11-12(18)15(22-2)17(24-4)16(23-3)14(11)21/h5-7,19,21H,1-4H3. The maximum Gasteiger partial charge on any atom is 0.209 e. The molecular formula is C17H17NO6. The van der Waals surface area contributed by atoms with E-state index in [2.05, 4.69) is 0 Å². The fourth-order valence-electron chi connectivity index (χ4n) is 3.00. The molecule has 0 fully saturated rings. The number of benzene rings is 2. The monoisotopic (exact) mass is 331 g/mol. The van der Waals surface area contributed by atoms with Crippen LogP contribution >= 0.6 is 0 Å². The molecule has 0 atom stereocenters. The zero-order valence-corrected chi connectivity index (χ0v) is 13.7. The summed E-state index contributed by atoms with van der Waals surface area (Å²) in [5, 5.41) is 20.7. The summed E-state index contributed by atoms with van der Waals surface area (Å²) < 4.78 is 17.6. The number of ether oxygens (including phenoxy) is 3. The third kappa shape index (κ3) is 1.94. The second-order valence-electron chi connectivity index (χ2n) is 5.26. The third-order valence-corrected chi connectivity index (χ3v) is 4.08.